The van der Waals surface area contributed by atoms with Crippen LogP contribution in [-0.4, -0.2) is 25.5 Å². The van der Waals surface area contributed by atoms with Crippen molar-refractivity contribution in [1.29, 1.82) is 0 Å². The topological polar surface area (TPSA) is 38.3 Å². The molecule has 2 unspecified atom stereocenters. The van der Waals surface area contributed by atoms with Gasteiger partial charge in [-0.25, -0.2) is 0 Å². The fourth-order valence-electron chi connectivity index (χ4n) is 2.79. The molecule has 3 heteroatoms. The second-order valence-electron chi connectivity index (χ2n) is 4.90. The van der Waals surface area contributed by atoms with E-state index < -0.39 is 0 Å². The number of para-hydroxylation sites is 1. The van der Waals surface area contributed by atoms with Crippen LogP contribution >= 0.6 is 0 Å². The summed E-state index contributed by atoms with van der Waals surface area (Å²) in [7, 11) is 0. The predicted octanol–water partition coefficient (Wildman–Crippen LogP) is 1.73. The highest BCUT2D eigenvalue weighted by molar-refractivity contribution is 5.82. The van der Waals surface area contributed by atoms with Gasteiger partial charge in [0.1, 0.15) is 11.5 Å². The van der Waals surface area contributed by atoms with E-state index in [2.05, 4.69) is 11.4 Å². The van der Waals surface area contributed by atoms with Gasteiger partial charge in [0.2, 0.25) is 0 Å². The van der Waals surface area contributed by atoms with Crippen molar-refractivity contribution in [1.82, 2.24) is 5.32 Å². The normalized spacial score (nSPS) is 27.6. The van der Waals surface area contributed by atoms with E-state index in [4.69, 9.17) is 4.74 Å². The van der Waals surface area contributed by atoms with Crippen molar-refractivity contribution in [2.75, 3.05) is 19.7 Å². The van der Waals surface area contributed by atoms with Crippen LogP contribution in [-0.2, 0) is 4.79 Å². The molecular formula is C14H17NO2. The molecule has 1 aromatic rings. The number of carbonyl (C=O) groups is 1. The van der Waals surface area contributed by atoms with Gasteiger partial charge in [-0.05, 0) is 12.5 Å². The van der Waals surface area contributed by atoms with Crippen LogP contribution in [0, 0.1) is 5.92 Å². The molecule has 0 bridgehead atoms. The third-order valence-corrected chi connectivity index (χ3v) is 3.76. The lowest BCUT2D eigenvalue weighted by atomic mass is 9.85. The van der Waals surface area contributed by atoms with Crippen LogP contribution in [0.15, 0.2) is 24.3 Å². The molecule has 0 spiro atoms. The van der Waals surface area contributed by atoms with Gasteiger partial charge in [0.25, 0.3) is 0 Å². The molecule has 3 rings (SSSR count). The van der Waals surface area contributed by atoms with E-state index in [1.165, 1.54) is 5.56 Å². The summed E-state index contributed by atoms with van der Waals surface area (Å²) in [5.41, 5.74) is 1.27. The van der Waals surface area contributed by atoms with Gasteiger partial charge in [-0.3, -0.25) is 4.79 Å². The summed E-state index contributed by atoms with van der Waals surface area (Å²) in [6.07, 6.45) is 1.60. The molecule has 1 aromatic carbocycles. The Morgan fingerprint density at radius 3 is 3.06 bits per heavy atom. The van der Waals surface area contributed by atoms with Gasteiger partial charge >= 0.3 is 0 Å². The van der Waals surface area contributed by atoms with Crippen LogP contribution in [0.5, 0.6) is 5.75 Å². The zero-order chi connectivity index (χ0) is 11.7. The molecule has 1 N–H and O–H groups in total. The Hall–Kier alpha value is -1.35. The lowest BCUT2D eigenvalue weighted by molar-refractivity contribution is -0.124. The number of hydrogen-bond donors (Lipinski definition) is 1. The number of piperidine rings is 1. The zero-order valence-electron chi connectivity index (χ0n) is 9.82. The van der Waals surface area contributed by atoms with Crippen molar-refractivity contribution >= 4 is 5.78 Å². The van der Waals surface area contributed by atoms with Gasteiger partial charge in [0.05, 0.1) is 6.61 Å². The molecule has 0 aromatic heterocycles. The fraction of sp³-hybridized carbons (Fsp3) is 0.500. The number of ketones is 1. The highest BCUT2D eigenvalue weighted by Crippen LogP contribution is 2.37. The maximum absolute atomic E-state index is 11.8. The van der Waals surface area contributed by atoms with Crippen LogP contribution in [0.25, 0.3) is 0 Å². The zero-order valence-corrected chi connectivity index (χ0v) is 9.82. The molecule has 2 heterocycles. The molecule has 0 amide bonds. The lowest BCUT2D eigenvalue weighted by Gasteiger charge is -2.23. The minimum atomic E-state index is 0.170. The molecule has 3 nitrogen and oxygen atoms in total. The Kier molecular flexibility index (Phi) is 2.85. The second kappa shape index (κ2) is 4.49. The van der Waals surface area contributed by atoms with E-state index in [0.29, 0.717) is 18.1 Å². The van der Waals surface area contributed by atoms with Crippen LogP contribution in [0.3, 0.4) is 0 Å². The molecule has 1 saturated heterocycles. The van der Waals surface area contributed by atoms with Crippen LogP contribution in [0.4, 0.5) is 0 Å². The SMILES string of the molecule is O=C1CCNCC1CC1COc2ccccc21. The van der Waals surface area contributed by atoms with Crippen LogP contribution in [0.2, 0.25) is 0 Å². The summed E-state index contributed by atoms with van der Waals surface area (Å²) in [6.45, 7) is 2.40. The molecule has 2 aliphatic heterocycles. The number of ether oxygens (including phenoxy) is 1. The lowest BCUT2D eigenvalue weighted by Crippen LogP contribution is -2.37. The minimum absolute atomic E-state index is 0.170. The molecule has 17 heavy (non-hydrogen) atoms. The monoisotopic (exact) mass is 231 g/mol. The van der Waals surface area contributed by atoms with Crippen molar-refractivity contribution in [2.24, 2.45) is 5.92 Å². The van der Waals surface area contributed by atoms with E-state index in [0.717, 1.165) is 31.9 Å². The Balaban J connectivity index is 1.72. The van der Waals surface area contributed by atoms with Crippen molar-refractivity contribution in [2.45, 2.75) is 18.8 Å². The Labute approximate surface area is 101 Å². The highest BCUT2D eigenvalue weighted by Gasteiger charge is 2.30. The molecule has 2 atom stereocenters. The number of carbonyl (C=O) groups excluding carboxylic acids is 1. The first-order valence-corrected chi connectivity index (χ1v) is 6.30. The summed E-state index contributed by atoms with van der Waals surface area (Å²) >= 11 is 0. The van der Waals surface area contributed by atoms with Gasteiger partial charge in [0, 0.05) is 36.9 Å². The molecule has 0 saturated carbocycles. The first kappa shape index (κ1) is 10.8. The van der Waals surface area contributed by atoms with Gasteiger partial charge in [-0.1, -0.05) is 18.2 Å². The third-order valence-electron chi connectivity index (χ3n) is 3.76. The summed E-state index contributed by atoms with van der Waals surface area (Å²) in [4.78, 5) is 11.8. The Bertz CT molecular complexity index is 430. The van der Waals surface area contributed by atoms with Gasteiger partial charge in [-0.2, -0.15) is 0 Å². The van der Waals surface area contributed by atoms with Gasteiger partial charge < -0.3 is 10.1 Å². The average Bonchev–Trinajstić information content (AvgIpc) is 2.76. The predicted molar refractivity (Wildman–Crippen MR) is 65.3 cm³/mol. The smallest absolute Gasteiger partial charge is 0.138 e. The quantitative estimate of drug-likeness (QED) is 0.842. The molecular weight excluding hydrogens is 214 g/mol. The van der Waals surface area contributed by atoms with Crippen molar-refractivity contribution in [3.63, 3.8) is 0 Å². The number of Topliss-reactive ketones (excluding diaryl/α,β-unsaturated/α-hetero) is 1. The van der Waals surface area contributed by atoms with E-state index in [9.17, 15) is 4.79 Å². The second-order valence-corrected chi connectivity index (χ2v) is 4.90. The fourth-order valence-corrected chi connectivity index (χ4v) is 2.79. The van der Waals surface area contributed by atoms with E-state index >= 15 is 0 Å². The Morgan fingerprint density at radius 1 is 1.29 bits per heavy atom. The maximum atomic E-state index is 11.8. The average molecular weight is 231 g/mol. The first-order chi connectivity index (χ1) is 8.34. The van der Waals surface area contributed by atoms with E-state index in [1.54, 1.807) is 0 Å². The van der Waals surface area contributed by atoms with Crippen molar-refractivity contribution < 1.29 is 9.53 Å². The van der Waals surface area contributed by atoms with Crippen molar-refractivity contribution in [3.8, 4) is 5.75 Å². The number of fused-ring (bicyclic) bond motifs is 1. The molecule has 2 aliphatic rings. The molecule has 1 fully saturated rings. The summed E-state index contributed by atoms with van der Waals surface area (Å²) in [5, 5.41) is 3.30. The first-order valence-electron chi connectivity index (χ1n) is 6.30. The molecule has 0 radical (unpaired) electrons. The Morgan fingerprint density at radius 2 is 2.18 bits per heavy atom. The van der Waals surface area contributed by atoms with Crippen LogP contribution in [0.1, 0.15) is 24.3 Å². The largest absolute Gasteiger partial charge is 0.493 e. The molecule has 90 valence electrons. The summed E-state index contributed by atoms with van der Waals surface area (Å²) in [6, 6.07) is 8.17. The number of hydrogen-bond acceptors (Lipinski definition) is 3. The summed E-state index contributed by atoms with van der Waals surface area (Å²) in [5.74, 6) is 1.96. The third kappa shape index (κ3) is 2.07. The molecule has 0 aliphatic carbocycles. The highest BCUT2D eigenvalue weighted by atomic mass is 16.5. The van der Waals surface area contributed by atoms with E-state index in [-0.39, 0.29) is 5.92 Å². The van der Waals surface area contributed by atoms with Crippen molar-refractivity contribution in [3.05, 3.63) is 29.8 Å². The number of benzene rings is 1. The van der Waals surface area contributed by atoms with Gasteiger partial charge in [-0.15, -0.1) is 0 Å². The minimum Gasteiger partial charge on any atom is -0.493 e. The van der Waals surface area contributed by atoms with Gasteiger partial charge in [0.15, 0.2) is 0 Å². The maximum Gasteiger partial charge on any atom is 0.138 e. The summed E-state index contributed by atoms with van der Waals surface area (Å²) < 4.78 is 5.66. The van der Waals surface area contributed by atoms with E-state index in [1.807, 2.05) is 18.2 Å². The number of rotatable bonds is 2. The van der Waals surface area contributed by atoms with Crippen LogP contribution < -0.4 is 10.1 Å². The standard InChI is InChI=1S/C14H17NO2/c16-13-5-6-15-8-10(13)7-11-9-17-14-4-2-1-3-12(11)14/h1-4,10-11,15H,5-9H2. The number of nitrogens with one attached hydrogen (secondary N) is 1.